The van der Waals surface area contributed by atoms with Crippen LogP contribution < -0.4 is 5.32 Å². The van der Waals surface area contributed by atoms with E-state index in [9.17, 15) is 4.79 Å². The van der Waals surface area contributed by atoms with Crippen molar-refractivity contribution in [2.75, 3.05) is 6.54 Å². The number of alkyl carbamates (subject to hydrolysis) is 1. The number of amides is 1. The summed E-state index contributed by atoms with van der Waals surface area (Å²) in [6.45, 7) is 0.575. The SMILES string of the molecule is O=C(NC/C=C/C1CC=CCC1)OC1CCCCC1. The average Bonchev–Trinajstić information content (AvgIpc) is 2.46. The van der Waals surface area contributed by atoms with Crippen LogP contribution in [-0.2, 0) is 4.74 Å². The maximum Gasteiger partial charge on any atom is 0.407 e. The van der Waals surface area contributed by atoms with Crippen molar-refractivity contribution in [2.24, 2.45) is 5.92 Å². The lowest BCUT2D eigenvalue weighted by Crippen LogP contribution is -2.30. The van der Waals surface area contributed by atoms with Crippen molar-refractivity contribution in [3.05, 3.63) is 24.3 Å². The smallest absolute Gasteiger partial charge is 0.407 e. The predicted molar refractivity (Wildman–Crippen MR) is 77.0 cm³/mol. The number of hydrogen-bond donors (Lipinski definition) is 1. The molecule has 2 aliphatic carbocycles. The highest BCUT2D eigenvalue weighted by atomic mass is 16.6. The molecule has 1 amide bonds. The highest BCUT2D eigenvalue weighted by Gasteiger charge is 2.16. The second kappa shape index (κ2) is 8.03. The summed E-state index contributed by atoms with van der Waals surface area (Å²) >= 11 is 0. The van der Waals surface area contributed by atoms with Crippen LogP contribution in [0.25, 0.3) is 0 Å². The van der Waals surface area contributed by atoms with Crippen LogP contribution in [0.15, 0.2) is 24.3 Å². The van der Waals surface area contributed by atoms with Crippen molar-refractivity contribution < 1.29 is 9.53 Å². The summed E-state index contributed by atoms with van der Waals surface area (Å²) in [5, 5.41) is 2.80. The van der Waals surface area contributed by atoms with E-state index in [2.05, 4.69) is 23.5 Å². The van der Waals surface area contributed by atoms with E-state index in [0.717, 1.165) is 19.3 Å². The lowest BCUT2D eigenvalue weighted by atomic mass is 9.94. The van der Waals surface area contributed by atoms with Crippen LogP contribution >= 0.6 is 0 Å². The zero-order valence-electron chi connectivity index (χ0n) is 11.6. The van der Waals surface area contributed by atoms with E-state index in [1.165, 1.54) is 32.1 Å². The molecule has 0 bridgehead atoms. The van der Waals surface area contributed by atoms with Gasteiger partial charge in [-0.1, -0.05) is 30.7 Å². The van der Waals surface area contributed by atoms with Crippen LogP contribution in [0, 0.1) is 5.92 Å². The largest absolute Gasteiger partial charge is 0.446 e. The van der Waals surface area contributed by atoms with E-state index < -0.39 is 0 Å². The van der Waals surface area contributed by atoms with Gasteiger partial charge in [0.05, 0.1) is 0 Å². The molecule has 0 spiro atoms. The highest BCUT2D eigenvalue weighted by Crippen LogP contribution is 2.20. The minimum Gasteiger partial charge on any atom is -0.446 e. The van der Waals surface area contributed by atoms with E-state index in [-0.39, 0.29) is 12.2 Å². The summed E-state index contributed by atoms with van der Waals surface area (Å²) in [6.07, 6.45) is 17.8. The molecule has 3 heteroatoms. The molecule has 0 saturated heterocycles. The minimum atomic E-state index is -0.264. The van der Waals surface area contributed by atoms with Gasteiger partial charge in [-0.25, -0.2) is 4.79 Å². The Morgan fingerprint density at radius 2 is 2.05 bits per heavy atom. The van der Waals surface area contributed by atoms with Gasteiger partial charge in [0, 0.05) is 6.54 Å². The van der Waals surface area contributed by atoms with E-state index >= 15 is 0 Å². The Balaban J connectivity index is 1.57. The van der Waals surface area contributed by atoms with Gasteiger partial charge in [-0.3, -0.25) is 0 Å². The summed E-state index contributed by atoms with van der Waals surface area (Å²) in [5.41, 5.74) is 0. The quantitative estimate of drug-likeness (QED) is 0.780. The van der Waals surface area contributed by atoms with Gasteiger partial charge in [0.2, 0.25) is 0 Å². The van der Waals surface area contributed by atoms with Gasteiger partial charge >= 0.3 is 6.09 Å². The number of allylic oxidation sites excluding steroid dienone is 3. The third kappa shape index (κ3) is 5.50. The van der Waals surface area contributed by atoms with Crippen LogP contribution in [0.5, 0.6) is 0 Å². The second-order valence-corrected chi connectivity index (χ2v) is 5.52. The molecule has 0 aromatic rings. The van der Waals surface area contributed by atoms with Crippen molar-refractivity contribution in [2.45, 2.75) is 57.5 Å². The summed E-state index contributed by atoms with van der Waals surface area (Å²) in [5.74, 6) is 0.640. The molecule has 1 fully saturated rings. The van der Waals surface area contributed by atoms with Gasteiger partial charge in [-0.2, -0.15) is 0 Å². The molecule has 106 valence electrons. The third-order valence-electron chi connectivity index (χ3n) is 3.91. The third-order valence-corrected chi connectivity index (χ3v) is 3.91. The summed E-state index contributed by atoms with van der Waals surface area (Å²) in [7, 11) is 0. The lowest BCUT2D eigenvalue weighted by molar-refractivity contribution is 0.0761. The minimum absolute atomic E-state index is 0.140. The molecule has 2 rings (SSSR count). The van der Waals surface area contributed by atoms with Crippen molar-refractivity contribution in [3.63, 3.8) is 0 Å². The van der Waals surface area contributed by atoms with E-state index in [1.807, 2.05) is 6.08 Å². The zero-order chi connectivity index (χ0) is 13.3. The maximum atomic E-state index is 11.6. The van der Waals surface area contributed by atoms with E-state index in [1.54, 1.807) is 0 Å². The molecule has 1 unspecified atom stereocenters. The highest BCUT2D eigenvalue weighted by molar-refractivity contribution is 5.67. The van der Waals surface area contributed by atoms with Crippen LogP contribution in [0.3, 0.4) is 0 Å². The Bertz CT molecular complexity index is 330. The summed E-state index contributed by atoms with van der Waals surface area (Å²) < 4.78 is 5.39. The first-order chi connectivity index (χ1) is 9.34. The van der Waals surface area contributed by atoms with Gasteiger partial charge in [-0.15, -0.1) is 0 Å². The van der Waals surface area contributed by atoms with Gasteiger partial charge in [-0.05, 0) is 50.9 Å². The van der Waals surface area contributed by atoms with Crippen molar-refractivity contribution in [1.29, 1.82) is 0 Å². The Hall–Kier alpha value is -1.25. The van der Waals surface area contributed by atoms with Crippen molar-refractivity contribution in [1.82, 2.24) is 5.32 Å². The fraction of sp³-hybridized carbons (Fsp3) is 0.688. The summed E-state index contributed by atoms with van der Waals surface area (Å²) in [6, 6.07) is 0. The van der Waals surface area contributed by atoms with Gasteiger partial charge in [0.15, 0.2) is 0 Å². The average molecular weight is 263 g/mol. The van der Waals surface area contributed by atoms with Gasteiger partial charge in [0.1, 0.15) is 6.10 Å². The van der Waals surface area contributed by atoms with E-state index in [4.69, 9.17) is 4.74 Å². The van der Waals surface area contributed by atoms with Crippen LogP contribution in [0.2, 0.25) is 0 Å². The standard InChI is InChI=1S/C16H25NO2/c18-16(19-15-11-5-2-6-12-15)17-13-7-10-14-8-3-1-4-9-14/h1,3,7,10,14-15H,2,4-6,8-9,11-13H2,(H,17,18)/b10-7+. The number of carbonyl (C=O) groups is 1. The monoisotopic (exact) mass is 263 g/mol. The molecule has 1 atom stereocenters. The number of nitrogens with one attached hydrogen (secondary N) is 1. The molecule has 0 heterocycles. The first kappa shape index (κ1) is 14.2. The molecule has 1 saturated carbocycles. The Labute approximate surface area is 116 Å². The lowest BCUT2D eigenvalue weighted by Gasteiger charge is -2.21. The Kier molecular flexibility index (Phi) is 5.99. The Morgan fingerprint density at radius 1 is 1.21 bits per heavy atom. The van der Waals surface area contributed by atoms with Crippen LogP contribution in [-0.4, -0.2) is 18.7 Å². The molecule has 0 radical (unpaired) electrons. The molecule has 1 N–H and O–H groups in total. The second-order valence-electron chi connectivity index (χ2n) is 5.52. The van der Waals surface area contributed by atoms with Gasteiger partial charge in [0.25, 0.3) is 0 Å². The number of ether oxygens (including phenoxy) is 1. The van der Waals surface area contributed by atoms with E-state index in [0.29, 0.717) is 12.5 Å². The summed E-state index contributed by atoms with van der Waals surface area (Å²) in [4.78, 5) is 11.6. The first-order valence-electron chi connectivity index (χ1n) is 7.61. The normalized spacial score (nSPS) is 24.5. The van der Waals surface area contributed by atoms with Crippen LogP contribution in [0.4, 0.5) is 4.79 Å². The van der Waals surface area contributed by atoms with Crippen LogP contribution in [0.1, 0.15) is 51.4 Å². The number of hydrogen-bond acceptors (Lipinski definition) is 2. The number of rotatable bonds is 4. The molecular formula is C16H25NO2. The molecule has 0 aromatic heterocycles. The molecule has 3 nitrogen and oxygen atoms in total. The fourth-order valence-corrected chi connectivity index (χ4v) is 2.77. The first-order valence-corrected chi connectivity index (χ1v) is 7.61. The molecule has 0 aromatic carbocycles. The molecule has 2 aliphatic rings. The van der Waals surface area contributed by atoms with Gasteiger partial charge < -0.3 is 10.1 Å². The fourth-order valence-electron chi connectivity index (χ4n) is 2.77. The van der Waals surface area contributed by atoms with Crippen molar-refractivity contribution in [3.8, 4) is 0 Å². The molecular weight excluding hydrogens is 238 g/mol. The Morgan fingerprint density at radius 3 is 2.79 bits per heavy atom. The predicted octanol–water partition coefficient (Wildman–Crippen LogP) is 3.96. The molecule has 19 heavy (non-hydrogen) atoms. The number of carbonyl (C=O) groups excluding carboxylic acids is 1. The molecule has 0 aliphatic heterocycles. The topological polar surface area (TPSA) is 38.3 Å². The zero-order valence-corrected chi connectivity index (χ0v) is 11.6. The van der Waals surface area contributed by atoms with Crippen molar-refractivity contribution >= 4 is 6.09 Å². The maximum absolute atomic E-state index is 11.6.